The third-order valence-corrected chi connectivity index (χ3v) is 6.36. The van der Waals surface area contributed by atoms with E-state index < -0.39 is 11.9 Å². The van der Waals surface area contributed by atoms with Crippen molar-refractivity contribution in [2.75, 3.05) is 5.32 Å². The molecule has 6 rings (SSSR count). The minimum Gasteiger partial charge on any atom is -0.481 e. The summed E-state index contributed by atoms with van der Waals surface area (Å²) in [6, 6.07) is 11.3. The molecule has 7 heteroatoms. The molecule has 1 aromatic carbocycles. The van der Waals surface area contributed by atoms with Crippen molar-refractivity contribution in [3.63, 3.8) is 0 Å². The summed E-state index contributed by atoms with van der Waals surface area (Å²) >= 11 is 6.17. The maximum atomic E-state index is 11.9. The summed E-state index contributed by atoms with van der Waals surface area (Å²) in [5.74, 6) is 0.592. The van der Waals surface area contributed by atoms with Crippen LogP contribution >= 0.6 is 11.6 Å². The van der Waals surface area contributed by atoms with Crippen LogP contribution in [0.4, 0.5) is 5.82 Å². The Bertz CT molecular complexity index is 1010. The number of anilines is 1. The number of rotatable bonds is 4. The Hall–Kier alpha value is -2.60. The molecule has 0 aliphatic heterocycles. The van der Waals surface area contributed by atoms with Crippen LogP contribution in [-0.2, 0) is 4.79 Å². The number of nitrogens with one attached hydrogen (secondary N) is 1. The van der Waals surface area contributed by atoms with Gasteiger partial charge in [0.05, 0.1) is 5.92 Å². The fourth-order valence-corrected chi connectivity index (χ4v) is 5.09. The maximum absolute atomic E-state index is 11.9. The summed E-state index contributed by atoms with van der Waals surface area (Å²) in [6.07, 6.45) is 4.10. The standard InChI is InChI=1S/C21H20ClN3O3/c22-21-23-14(16-9-13-3-1-2-4-15(13)28-16)10-17(25-21)24-19-12-7-5-11(6-8-12)18(19)20(26)27/h1-4,9-12,18-19H,5-8H2,(H,26,27)(H,23,24,25). The van der Waals surface area contributed by atoms with Crippen LogP contribution in [-0.4, -0.2) is 27.1 Å². The number of aromatic nitrogens is 2. The minimum atomic E-state index is -0.732. The lowest BCUT2D eigenvalue weighted by atomic mass is 9.61. The van der Waals surface area contributed by atoms with Gasteiger partial charge in [-0.05, 0) is 61.3 Å². The van der Waals surface area contributed by atoms with Crippen LogP contribution in [0.5, 0.6) is 0 Å². The van der Waals surface area contributed by atoms with Crippen LogP contribution in [0.2, 0.25) is 5.28 Å². The summed E-state index contributed by atoms with van der Waals surface area (Å²) < 4.78 is 5.89. The molecule has 0 saturated heterocycles. The van der Waals surface area contributed by atoms with E-state index in [0.717, 1.165) is 36.7 Å². The lowest BCUT2D eigenvalue weighted by Crippen LogP contribution is -2.51. The van der Waals surface area contributed by atoms with Crippen molar-refractivity contribution >= 4 is 34.4 Å². The second-order valence-electron chi connectivity index (χ2n) is 7.76. The van der Waals surface area contributed by atoms with Gasteiger partial charge in [-0.15, -0.1) is 0 Å². The molecule has 0 radical (unpaired) electrons. The van der Waals surface area contributed by atoms with E-state index in [1.54, 1.807) is 6.07 Å². The monoisotopic (exact) mass is 397 g/mol. The van der Waals surface area contributed by atoms with E-state index in [0.29, 0.717) is 23.2 Å². The molecule has 3 aliphatic carbocycles. The van der Waals surface area contributed by atoms with Crippen LogP contribution in [0.1, 0.15) is 25.7 Å². The van der Waals surface area contributed by atoms with Gasteiger partial charge in [-0.25, -0.2) is 9.97 Å². The molecule has 0 amide bonds. The first-order chi connectivity index (χ1) is 13.6. The van der Waals surface area contributed by atoms with E-state index in [1.165, 1.54) is 0 Å². The predicted molar refractivity (Wildman–Crippen MR) is 106 cm³/mol. The fourth-order valence-electron chi connectivity index (χ4n) is 4.91. The fraction of sp³-hybridized carbons (Fsp3) is 0.381. The molecule has 2 bridgehead atoms. The summed E-state index contributed by atoms with van der Waals surface area (Å²) in [4.78, 5) is 20.5. The van der Waals surface area contributed by atoms with Gasteiger partial charge in [0.1, 0.15) is 17.1 Å². The Labute approximate surface area is 166 Å². The van der Waals surface area contributed by atoms with Crippen molar-refractivity contribution in [3.05, 3.63) is 41.7 Å². The number of carboxylic acid groups (broad SMARTS) is 1. The molecule has 3 aliphatic rings. The second-order valence-corrected chi connectivity index (χ2v) is 8.10. The van der Waals surface area contributed by atoms with E-state index in [2.05, 4.69) is 15.3 Å². The average molecular weight is 398 g/mol. The van der Waals surface area contributed by atoms with E-state index in [-0.39, 0.29) is 17.2 Å². The van der Waals surface area contributed by atoms with Crippen LogP contribution in [0.3, 0.4) is 0 Å². The van der Waals surface area contributed by atoms with Gasteiger partial charge in [-0.2, -0.15) is 0 Å². The zero-order valence-electron chi connectivity index (χ0n) is 15.1. The molecule has 0 spiro atoms. The van der Waals surface area contributed by atoms with Gasteiger partial charge in [0.15, 0.2) is 5.76 Å². The largest absolute Gasteiger partial charge is 0.481 e. The number of para-hydroxylation sites is 1. The zero-order valence-corrected chi connectivity index (χ0v) is 15.9. The van der Waals surface area contributed by atoms with Gasteiger partial charge in [0.2, 0.25) is 5.28 Å². The van der Waals surface area contributed by atoms with Crippen LogP contribution in [0, 0.1) is 17.8 Å². The van der Waals surface area contributed by atoms with Gasteiger partial charge in [0, 0.05) is 17.5 Å². The van der Waals surface area contributed by atoms with E-state index >= 15 is 0 Å². The van der Waals surface area contributed by atoms with Crippen molar-refractivity contribution in [1.82, 2.24) is 9.97 Å². The Morgan fingerprint density at radius 3 is 2.61 bits per heavy atom. The Morgan fingerprint density at radius 1 is 1.11 bits per heavy atom. The summed E-state index contributed by atoms with van der Waals surface area (Å²) in [7, 11) is 0. The average Bonchev–Trinajstić information content (AvgIpc) is 3.12. The van der Waals surface area contributed by atoms with Crippen molar-refractivity contribution in [2.24, 2.45) is 17.8 Å². The molecule has 2 heterocycles. The highest BCUT2D eigenvalue weighted by molar-refractivity contribution is 6.28. The van der Waals surface area contributed by atoms with Gasteiger partial charge in [-0.1, -0.05) is 18.2 Å². The first-order valence-electron chi connectivity index (χ1n) is 9.61. The van der Waals surface area contributed by atoms with Gasteiger partial charge in [-0.3, -0.25) is 4.79 Å². The van der Waals surface area contributed by atoms with Gasteiger partial charge < -0.3 is 14.8 Å². The van der Waals surface area contributed by atoms with Gasteiger partial charge in [0.25, 0.3) is 0 Å². The SMILES string of the molecule is O=C(O)C1C2CCC(CC2)C1Nc1cc(-c2cc3ccccc3o2)nc(Cl)n1. The van der Waals surface area contributed by atoms with Crippen LogP contribution < -0.4 is 5.32 Å². The zero-order chi connectivity index (χ0) is 19.3. The number of fused-ring (bicyclic) bond motifs is 4. The lowest BCUT2D eigenvalue weighted by molar-refractivity contribution is -0.148. The number of halogens is 1. The van der Waals surface area contributed by atoms with Crippen molar-refractivity contribution in [2.45, 2.75) is 31.7 Å². The van der Waals surface area contributed by atoms with E-state index in [9.17, 15) is 9.90 Å². The highest BCUT2D eigenvalue weighted by atomic mass is 35.5. The lowest BCUT2D eigenvalue weighted by Gasteiger charge is -2.47. The second kappa shape index (κ2) is 6.78. The molecule has 3 saturated carbocycles. The Morgan fingerprint density at radius 2 is 1.86 bits per heavy atom. The first-order valence-corrected chi connectivity index (χ1v) is 9.99. The summed E-state index contributed by atoms with van der Waals surface area (Å²) in [5, 5.41) is 14.2. The predicted octanol–water partition coefficient (Wildman–Crippen LogP) is 4.84. The van der Waals surface area contributed by atoms with Crippen molar-refractivity contribution in [1.29, 1.82) is 0 Å². The highest BCUT2D eigenvalue weighted by Gasteiger charge is 2.47. The number of hydrogen-bond donors (Lipinski definition) is 2. The highest BCUT2D eigenvalue weighted by Crippen LogP contribution is 2.46. The van der Waals surface area contributed by atoms with Crippen molar-refractivity contribution in [3.8, 4) is 11.5 Å². The number of nitrogens with zero attached hydrogens (tertiary/aromatic N) is 2. The molecule has 2 unspecified atom stereocenters. The quantitative estimate of drug-likeness (QED) is 0.612. The van der Waals surface area contributed by atoms with Crippen LogP contribution in [0.25, 0.3) is 22.4 Å². The maximum Gasteiger partial charge on any atom is 0.308 e. The molecule has 2 N–H and O–H groups in total. The topological polar surface area (TPSA) is 88.2 Å². The third kappa shape index (κ3) is 3.02. The van der Waals surface area contributed by atoms with Crippen LogP contribution in [0.15, 0.2) is 40.8 Å². The molecule has 3 fully saturated rings. The number of benzene rings is 1. The molecule has 2 aromatic heterocycles. The summed E-state index contributed by atoms with van der Waals surface area (Å²) in [6.45, 7) is 0. The first kappa shape index (κ1) is 17.5. The van der Waals surface area contributed by atoms with Gasteiger partial charge >= 0.3 is 5.97 Å². The number of carboxylic acids is 1. The Kier molecular flexibility index (Phi) is 4.23. The van der Waals surface area contributed by atoms with E-state index in [1.807, 2.05) is 30.3 Å². The van der Waals surface area contributed by atoms with E-state index in [4.69, 9.17) is 16.0 Å². The molecular weight excluding hydrogens is 378 g/mol. The molecule has 28 heavy (non-hydrogen) atoms. The molecule has 144 valence electrons. The smallest absolute Gasteiger partial charge is 0.308 e. The number of furan rings is 1. The number of carbonyl (C=O) groups is 1. The number of aliphatic carboxylic acids is 1. The molecule has 3 aromatic rings. The number of hydrogen-bond acceptors (Lipinski definition) is 5. The normalized spacial score (nSPS) is 26.5. The molecule has 2 atom stereocenters. The molecular formula is C21H20ClN3O3. The third-order valence-electron chi connectivity index (χ3n) is 6.20. The summed E-state index contributed by atoms with van der Waals surface area (Å²) in [5.41, 5.74) is 1.35. The molecule has 6 nitrogen and oxygen atoms in total. The van der Waals surface area contributed by atoms with Crippen molar-refractivity contribution < 1.29 is 14.3 Å². The Balaban J connectivity index is 1.48. The minimum absolute atomic E-state index is 0.105.